The van der Waals surface area contributed by atoms with Gasteiger partial charge in [-0.25, -0.2) is 0 Å². The van der Waals surface area contributed by atoms with Crippen molar-refractivity contribution in [2.75, 3.05) is 0 Å². The van der Waals surface area contributed by atoms with E-state index in [1.807, 2.05) is 6.08 Å². The van der Waals surface area contributed by atoms with Gasteiger partial charge in [-0.1, -0.05) is 78.0 Å². The highest BCUT2D eigenvalue weighted by atomic mass is 16.1. The van der Waals surface area contributed by atoms with Gasteiger partial charge in [-0.3, -0.25) is 14.4 Å². The maximum atomic E-state index is 13.1. The zero-order valence-electron chi connectivity index (χ0n) is 22.5. The molecular formula is C30H50O3. The summed E-state index contributed by atoms with van der Waals surface area (Å²) < 4.78 is 0. The molecule has 0 heterocycles. The van der Waals surface area contributed by atoms with E-state index < -0.39 is 0 Å². The average Bonchev–Trinajstić information content (AvgIpc) is 2.71. The van der Waals surface area contributed by atoms with Gasteiger partial charge in [0.2, 0.25) is 0 Å². The maximum Gasteiger partial charge on any atom is 0.155 e. The summed E-state index contributed by atoms with van der Waals surface area (Å²) >= 11 is 0. The molecule has 0 bridgehead atoms. The Hall–Kier alpha value is -1.51. The van der Waals surface area contributed by atoms with Crippen LogP contribution in [0, 0.1) is 29.1 Å². The van der Waals surface area contributed by atoms with Crippen LogP contribution in [0.4, 0.5) is 0 Å². The van der Waals surface area contributed by atoms with E-state index in [1.165, 1.54) is 25.3 Å². The van der Waals surface area contributed by atoms with Crippen LogP contribution in [0.1, 0.15) is 119 Å². The van der Waals surface area contributed by atoms with E-state index in [1.54, 1.807) is 0 Å². The van der Waals surface area contributed by atoms with Crippen LogP contribution in [0.5, 0.6) is 0 Å². The maximum absolute atomic E-state index is 13.1. The largest absolute Gasteiger partial charge is 0.300 e. The SMILES string of the molecule is CCCCC(C)(C)C1C=CCCC(CC(CCC)C(CC)C(=O)CC(C)=O)CC(=O)/C=C/1C. The molecule has 3 nitrogen and oxygen atoms in total. The van der Waals surface area contributed by atoms with Crippen LogP contribution in [0.15, 0.2) is 23.8 Å². The molecule has 1 aliphatic carbocycles. The number of ketones is 3. The number of carbonyl (C=O) groups is 3. The number of carbonyl (C=O) groups excluding carboxylic acids is 3. The third-order valence-corrected chi connectivity index (χ3v) is 7.60. The summed E-state index contributed by atoms with van der Waals surface area (Å²) in [7, 11) is 0. The van der Waals surface area contributed by atoms with E-state index in [0.29, 0.717) is 12.3 Å². The lowest BCUT2D eigenvalue weighted by Gasteiger charge is -2.34. The van der Waals surface area contributed by atoms with Crippen LogP contribution >= 0.6 is 0 Å². The number of hydrogen-bond donors (Lipinski definition) is 0. The summed E-state index contributed by atoms with van der Waals surface area (Å²) in [6.07, 6.45) is 16.3. The first-order valence-corrected chi connectivity index (χ1v) is 13.4. The van der Waals surface area contributed by atoms with Crippen molar-refractivity contribution in [3.8, 4) is 0 Å². The molecule has 0 saturated carbocycles. The molecule has 0 amide bonds. The van der Waals surface area contributed by atoms with Crippen LogP contribution in [-0.4, -0.2) is 17.3 Å². The summed E-state index contributed by atoms with van der Waals surface area (Å²) in [5, 5.41) is 0. The molecule has 0 aromatic carbocycles. The van der Waals surface area contributed by atoms with Gasteiger partial charge in [0.25, 0.3) is 0 Å². The molecule has 4 unspecified atom stereocenters. The van der Waals surface area contributed by atoms with Crippen LogP contribution < -0.4 is 0 Å². The predicted octanol–water partition coefficient (Wildman–Crippen LogP) is 8.07. The Morgan fingerprint density at radius 3 is 2.42 bits per heavy atom. The zero-order chi connectivity index (χ0) is 25.0. The quantitative estimate of drug-likeness (QED) is 0.207. The Balaban J connectivity index is 3.02. The van der Waals surface area contributed by atoms with Crippen molar-refractivity contribution >= 4 is 17.3 Å². The molecule has 0 radical (unpaired) electrons. The third kappa shape index (κ3) is 10.1. The number of allylic oxidation sites excluding steroid dienone is 4. The van der Waals surface area contributed by atoms with Gasteiger partial charge < -0.3 is 0 Å². The normalized spacial score (nSPS) is 23.5. The lowest BCUT2D eigenvalue weighted by Crippen LogP contribution is -2.28. The molecule has 4 atom stereocenters. The summed E-state index contributed by atoms with van der Waals surface area (Å²) in [6, 6.07) is 0. The first-order valence-electron chi connectivity index (χ1n) is 13.4. The van der Waals surface area contributed by atoms with Crippen LogP contribution in [-0.2, 0) is 14.4 Å². The van der Waals surface area contributed by atoms with E-state index in [-0.39, 0.29) is 46.9 Å². The topological polar surface area (TPSA) is 51.2 Å². The highest BCUT2D eigenvalue weighted by molar-refractivity contribution is 5.99. The Bertz CT molecular complexity index is 697. The van der Waals surface area contributed by atoms with E-state index in [2.05, 4.69) is 53.7 Å². The molecule has 1 aliphatic rings. The molecule has 0 aromatic rings. The van der Waals surface area contributed by atoms with Gasteiger partial charge in [0, 0.05) is 18.3 Å². The minimum atomic E-state index is -0.0732. The fourth-order valence-electron chi connectivity index (χ4n) is 5.85. The number of rotatable bonds is 13. The van der Waals surface area contributed by atoms with Crippen LogP contribution in [0.2, 0.25) is 0 Å². The first-order chi connectivity index (χ1) is 15.5. The predicted molar refractivity (Wildman–Crippen MR) is 139 cm³/mol. The van der Waals surface area contributed by atoms with Crippen molar-refractivity contribution in [1.82, 2.24) is 0 Å². The van der Waals surface area contributed by atoms with Crippen molar-refractivity contribution in [3.63, 3.8) is 0 Å². The lowest BCUT2D eigenvalue weighted by atomic mass is 9.70. The van der Waals surface area contributed by atoms with E-state index in [9.17, 15) is 14.4 Å². The average molecular weight is 459 g/mol. The first kappa shape index (κ1) is 29.5. The van der Waals surface area contributed by atoms with E-state index in [4.69, 9.17) is 0 Å². The highest BCUT2D eigenvalue weighted by Crippen LogP contribution is 2.39. The molecule has 188 valence electrons. The number of hydrogen-bond acceptors (Lipinski definition) is 3. The van der Waals surface area contributed by atoms with Gasteiger partial charge in [-0.15, -0.1) is 0 Å². The van der Waals surface area contributed by atoms with Gasteiger partial charge in [0.05, 0.1) is 6.42 Å². The van der Waals surface area contributed by atoms with E-state index >= 15 is 0 Å². The number of unbranched alkanes of at least 4 members (excludes halogenated alkanes) is 1. The lowest BCUT2D eigenvalue weighted by molar-refractivity contribution is -0.129. The van der Waals surface area contributed by atoms with Crippen molar-refractivity contribution in [2.45, 2.75) is 119 Å². The highest BCUT2D eigenvalue weighted by Gasteiger charge is 2.31. The number of Topliss-reactive ketones (excluding diaryl/α,β-unsaturated/α-hetero) is 2. The van der Waals surface area contributed by atoms with Crippen molar-refractivity contribution in [2.24, 2.45) is 29.1 Å². The van der Waals surface area contributed by atoms with Gasteiger partial charge in [-0.2, -0.15) is 0 Å². The fourth-order valence-corrected chi connectivity index (χ4v) is 5.85. The van der Waals surface area contributed by atoms with E-state index in [0.717, 1.165) is 44.9 Å². The van der Waals surface area contributed by atoms with Crippen molar-refractivity contribution < 1.29 is 14.4 Å². The Kier molecular flexibility index (Phi) is 13.1. The minimum Gasteiger partial charge on any atom is -0.300 e. The Morgan fingerprint density at radius 2 is 1.85 bits per heavy atom. The Labute approximate surface area is 203 Å². The molecule has 0 N–H and O–H groups in total. The molecule has 3 heteroatoms. The minimum absolute atomic E-state index is 0.0438. The molecule has 0 spiro atoms. The second-order valence-electron chi connectivity index (χ2n) is 11.1. The van der Waals surface area contributed by atoms with Gasteiger partial charge in [-0.05, 0) is 69.3 Å². The summed E-state index contributed by atoms with van der Waals surface area (Å²) in [5.41, 5.74) is 1.31. The molecule has 0 fully saturated rings. The van der Waals surface area contributed by atoms with Crippen molar-refractivity contribution in [1.29, 1.82) is 0 Å². The Morgan fingerprint density at radius 1 is 1.15 bits per heavy atom. The molecular weight excluding hydrogens is 408 g/mol. The molecule has 0 saturated heterocycles. The monoisotopic (exact) mass is 458 g/mol. The summed E-state index contributed by atoms with van der Waals surface area (Å²) in [6.45, 7) is 14.7. The summed E-state index contributed by atoms with van der Waals surface area (Å²) in [4.78, 5) is 37.4. The standard InChI is InChI=1S/C30H50O3/c1-8-11-17-30(6,7)28-16-13-12-15-24(21-26(32)18-22(28)4)20-25(14-9-2)27(10-3)29(33)19-23(5)31/h13,16,18,24-25,27-28H,8-12,14-15,17,19-21H2,1-7H3/b16-13?,22-18+. The van der Waals surface area contributed by atoms with Gasteiger partial charge in [0.1, 0.15) is 11.6 Å². The second kappa shape index (κ2) is 14.7. The van der Waals surface area contributed by atoms with Crippen LogP contribution in [0.3, 0.4) is 0 Å². The van der Waals surface area contributed by atoms with Gasteiger partial charge in [0.15, 0.2) is 5.78 Å². The van der Waals surface area contributed by atoms with Crippen LogP contribution in [0.25, 0.3) is 0 Å². The second-order valence-corrected chi connectivity index (χ2v) is 11.1. The van der Waals surface area contributed by atoms with Gasteiger partial charge >= 0.3 is 0 Å². The molecule has 0 aromatic heterocycles. The van der Waals surface area contributed by atoms with Crippen molar-refractivity contribution in [3.05, 3.63) is 23.8 Å². The smallest absolute Gasteiger partial charge is 0.155 e. The molecule has 0 aliphatic heterocycles. The third-order valence-electron chi connectivity index (χ3n) is 7.60. The zero-order valence-corrected chi connectivity index (χ0v) is 22.5. The molecule has 1 rings (SSSR count). The fraction of sp³-hybridized carbons (Fsp3) is 0.767. The molecule has 33 heavy (non-hydrogen) atoms. The summed E-state index contributed by atoms with van der Waals surface area (Å²) in [5.74, 6) is 1.02.